The van der Waals surface area contributed by atoms with Crippen molar-refractivity contribution < 1.29 is 4.42 Å². The lowest BCUT2D eigenvalue weighted by Crippen LogP contribution is -1.91. The van der Waals surface area contributed by atoms with Gasteiger partial charge in [0.15, 0.2) is 0 Å². The van der Waals surface area contributed by atoms with Gasteiger partial charge in [-0.3, -0.25) is 4.98 Å². The maximum Gasteiger partial charge on any atom is 0.136 e. The van der Waals surface area contributed by atoms with Gasteiger partial charge in [-0.2, -0.15) is 0 Å². The Labute approximate surface area is 258 Å². The number of para-hydroxylation sites is 1. The van der Waals surface area contributed by atoms with E-state index in [4.69, 9.17) is 9.40 Å². The van der Waals surface area contributed by atoms with Crippen molar-refractivity contribution in [3.05, 3.63) is 146 Å². The molecule has 0 saturated heterocycles. The number of hydrogen-bond acceptors (Lipinski definition) is 3. The van der Waals surface area contributed by atoms with Crippen molar-refractivity contribution in [2.75, 3.05) is 0 Å². The highest BCUT2D eigenvalue weighted by atomic mass is 16.3. The molecule has 0 aliphatic carbocycles. The first-order valence-corrected chi connectivity index (χ1v) is 15.2. The quantitative estimate of drug-likeness (QED) is 0.193. The van der Waals surface area contributed by atoms with Crippen molar-refractivity contribution in [1.29, 1.82) is 0 Å². The summed E-state index contributed by atoms with van der Waals surface area (Å²) in [5, 5.41) is 11.8. The van der Waals surface area contributed by atoms with Gasteiger partial charge in [0, 0.05) is 38.7 Å². The molecule has 10 aromatic rings. The van der Waals surface area contributed by atoms with Gasteiger partial charge in [-0.05, 0) is 68.4 Å². The van der Waals surface area contributed by atoms with E-state index in [1.165, 1.54) is 48.8 Å². The Bertz CT molecular complexity index is 2830. The number of hydrogen-bond donors (Lipinski definition) is 0. The van der Waals surface area contributed by atoms with E-state index in [2.05, 4.69) is 132 Å². The van der Waals surface area contributed by atoms with Crippen molar-refractivity contribution >= 4 is 76.1 Å². The molecule has 3 heteroatoms. The van der Waals surface area contributed by atoms with E-state index in [1.807, 2.05) is 18.3 Å². The molecule has 3 aromatic heterocycles. The summed E-state index contributed by atoms with van der Waals surface area (Å²) in [6.45, 7) is 0. The summed E-state index contributed by atoms with van der Waals surface area (Å²) >= 11 is 0. The van der Waals surface area contributed by atoms with Crippen LogP contribution in [0.3, 0.4) is 0 Å². The SMILES string of the molecule is c1cnc2c(c1)ccc1ccc(-c3cccc4c(-c5cc6ccc7oc8ccccc8c7c6c6ccccc56)cccc34)nc12. The molecule has 0 fully saturated rings. The average molecular weight is 573 g/mol. The number of rotatable bonds is 2. The van der Waals surface area contributed by atoms with Crippen LogP contribution < -0.4 is 0 Å². The largest absolute Gasteiger partial charge is 0.456 e. The van der Waals surface area contributed by atoms with Gasteiger partial charge < -0.3 is 4.42 Å². The van der Waals surface area contributed by atoms with Crippen LogP contribution in [0.25, 0.3) is 98.4 Å². The third kappa shape index (κ3) is 3.52. The molecular formula is C42H24N2O. The molecule has 7 aromatic carbocycles. The smallest absolute Gasteiger partial charge is 0.136 e. The maximum absolute atomic E-state index is 6.28. The maximum atomic E-state index is 6.28. The van der Waals surface area contributed by atoms with Gasteiger partial charge >= 0.3 is 0 Å². The minimum absolute atomic E-state index is 0.917. The summed E-state index contributed by atoms with van der Waals surface area (Å²) < 4.78 is 6.28. The Kier molecular flexibility index (Phi) is 5.00. The van der Waals surface area contributed by atoms with Crippen LogP contribution in [0, 0.1) is 0 Å². The van der Waals surface area contributed by atoms with Gasteiger partial charge in [0.05, 0.1) is 16.7 Å². The molecule has 0 saturated carbocycles. The van der Waals surface area contributed by atoms with Crippen LogP contribution in [0.15, 0.2) is 150 Å². The third-order valence-corrected chi connectivity index (χ3v) is 9.28. The lowest BCUT2D eigenvalue weighted by atomic mass is 9.88. The van der Waals surface area contributed by atoms with E-state index in [9.17, 15) is 0 Å². The zero-order chi connectivity index (χ0) is 29.5. The Morgan fingerprint density at radius 3 is 1.96 bits per heavy atom. The lowest BCUT2D eigenvalue weighted by Gasteiger charge is -2.15. The standard InChI is InChI=1S/C42H24N2O/c1-2-10-33-31(9-1)35(24-27-20-22-38-40(39(27)33)34-11-3-4-16-37(34)45-38)30-14-5-13-29-28(30)12-6-15-32(29)36-21-19-26-18-17-25-8-7-23-43-41(25)42(26)44-36/h1-24H. The fourth-order valence-electron chi connectivity index (χ4n) is 7.28. The van der Waals surface area contributed by atoms with Crippen molar-refractivity contribution in [1.82, 2.24) is 9.97 Å². The fraction of sp³-hybridized carbons (Fsp3) is 0. The second kappa shape index (κ2) is 9.22. The topological polar surface area (TPSA) is 38.9 Å². The molecule has 0 bridgehead atoms. The molecule has 0 unspecified atom stereocenters. The van der Waals surface area contributed by atoms with E-state index < -0.39 is 0 Å². The first kappa shape index (κ1) is 24.4. The molecule has 0 aliphatic heterocycles. The monoisotopic (exact) mass is 572 g/mol. The molecule has 0 spiro atoms. The van der Waals surface area contributed by atoms with Gasteiger partial charge in [0.2, 0.25) is 0 Å². The van der Waals surface area contributed by atoms with E-state index in [0.29, 0.717) is 0 Å². The molecule has 208 valence electrons. The van der Waals surface area contributed by atoms with Gasteiger partial charge in [0.1, 0.15) is 11.2 Å². The van der Waals surface area contributed by atoms with Crippen molar-refractivity contribution in [2.45, 2.75) is 0 Å². The molecule has 0 amide bonds. The van der Waals surface area contributed by atoms with Crippen LogP contribution in [-0.4, -0.2) is 9.97 Å². The summed E-state index contributed by atoms with van der Waals surface area (Å²) in [4.78, 5) is 9.87. The van der Waals surface area contributed by atoms with Crippen LogP contribution in [0.1, 0.15) is 0 Å². The second-order valence-corrected chi connectivity index (χ2v) is 11.7. The van der Waals surface area contributed by atoms with Crippen LogP contribution >= 0.6 is 0 Å². The van der Waals surface area contributed by atoms with Gasteiger partial charge in [0.25, 0.3) is 0 Å². The Balaban J connectivity index is 1.24. The number of nitrogens with zero attached hydrogens (tertiary/aromatic N) is 2. The molecule has 0 radical (unpaired) electrons. The highest BCUT2D eigenvalue weighted by molar-refractivity contribution is 6.29. The molecule has 3 nitrogen and oxygen atoms in total. The summed E-state index contributed by atoms with van der Waals surface area (Å²) in [5.74, 6) is 0. The molecule has 3 heterocycles. The minimum Gasteiger partial charge on any atom is -0.456 e. The van der Waals surface area contributed by atoms with Crippen molar-refractivity contribution in [3.8, 4) is 22.4 Å². The zero-order valence-corrected chi connectivity index (χ0v) is 24.2. The lowest BCUT2D eigenvalue weighted by molar-refractivity contribution is 0.669. The Hall–Kier alpha value is -6.06. The van der Waals surface area contributed by atoms with Crippen molar-refractivity contribution in [3.63, 3.8) is 0 Å². The molecule has 0 aliphatic rings. The predicted octanol–water partition coefficient (Wildman–Crippen LogP) is 11.5. The average Bonchev–Trinajstić information content (AvgIpc) is 3.49. The van der Waals surface area contributed by atoms with E-state index in [0.717, 1.165) is 49.6 Å². The zero-order valence-electron chi connectivity index (χ0n) is 24.2. The molecule has 10 rings (SSSR count). The first-order valence-electron chi connectivity index (χ1n) is 15.2. The van der Waals surface area contributed by atoms with Crippen LogP contribution in [0.5, 0.6) is 0 Å². The summed E-state index contributed by atoms with van der Waals surface area (Å²) in [6, 6.07) is 49.6. The van der Waals surface area contributed by atoms with Crippen molar-refractivity contribution in [2.24, 2.45) is 0 Å². The number of aromatic nitrogens is 2. The highest BCUT2D eigenvalue weighted by Gasteiger charge is 2.17. The van der Waals surface area contributed by atoms with Crippen LogP contribution in [-0.2, 0) is 0 Å². The summed E-state index contributed by atoms with van der Waals surface area (Å²) in [7, 11) is 0. The Morgan fingerprint density at radius 2 is 1.07 bits per heavy atom. The van der Waals surface area contributed by atoms with Crippen LogP contribution in [0.4, 0.5) is 0 Å². The fourth-order valence-corrected chi connectivity index (χ4v) is 7.28. The molecule has 0 atom stereocenters. The van der Waals surface area contributed by atoms with Crippen LogP contribution in [0.2, 0.25) is 0 Å². The van der Waals surface area contributed by atoms with Gasteiger partial charge in [-0.25, -0.2) is 4.98 Å². The highest BCUT2D eigenvalue weighted by Crippen LogP contribution is 2.44. The second-order valence-electron chi connectivity index (χ2n) is 11.7. The van der Waals surface area contributed by atoms with Gasteiger partial charge in [-0.1, -0.05) is 109 Å². The number of fused-ring (bicyclic) bond motifs is 11. The number of furan rings is 1. The Morgan fingerprint density at radius 1 is 0.400 bits per heavy atom. The van der Waals surface area contributed by atoms with E-state index in [1.54, 1.807) is 0 Å². The molecule has 45 heavy (non-hydrogen) atoms. The van der Waals surface area contributed by atoms with Gasteiger partial charge in [-0.15, -0.1) is 0 Å². The molecule has 0 N–H and O–H groups in total. The predicted molar refractivity (Wildman–Crippen MR) is 188 cm³/mol. The number of benzene rings is 7. The summed E-state index contributed by atoms with van der Waals surface area (Å²) in [5.41, 5.74) is 8.18. The number of pyridine rings is 2. The normalized spacial score (nSPS) is 12.0. The van der Waals surface area contributed by atoms with E-state index in [-0.39, 0.29) is 0 Å². The molecular weight excluding hydrogens is 548 g/mol. The third-order valence-electron chi connectivity index (χ3n) is 9.28. The minimum atomic E-state index is 0.917. The van der Waals surface area contributed by atoms with E-state index >= 15 is 0 Å². The first-order chi connectivity index (χ1) is 22.3. The summed E-state index contributed by atoms with van der Waals surface area (Å²) in [6.07, 6.45) is 1.84.